The zero-order valence-electron chi connectivity index (χ0n) is 15.8. The van der Waals surface area contributed by atoms with E-state index in [1.807, 2.05) is 41.5 Å². The third kappa shape index (κ3) is 4.67. The smallest absolute Gasteiger partial charge is 0.339 e. The number of ether oxygens (including phenoxy) is 1. The molecule has 0 aliphatic carbocycles. The number of aliphatic hydroxyl groups excluding tert-OH is 1. The molecule has 1 aromatic rings. The van der Waals surface area contributed by atoms with Gasteiger partial charge in [0.2, 0.25) is 0 Å². The first-order valence-electron chi connectivity index (χ1n) is 8.26. The van der Waals surface area contributed by atoms with Crippen LogP contribution in [0.5, 0.6) is 5.75 Å². The molecule has 0 unspecified atom stereocenters. The average Bonchev–Trinajstić information content (AvgIpc) is 2.42. The molecular formula is C19H30O4S. The average molecular weight is 355 g/mol. The number of phenolic OH excluding ortho intramolecular Hbond substituents is 1. The maximum absolute atomic E-state index is 12.5. The van der Waals surface area contributed by atoms with Crippen LogP contribution in [0.1, 0.15) is 70.0 Å². The fourth-order valence-electron chi connectivity index (χ4n) is 2.58. The summed E-state index contributed by atoms with van der Waals surface area (Å²) in [5, 5.41) is 20.2. The van der Waals surface area contributed by atoms with Crippen LogP contribution in [0.25, 0.3) is 0 Å². The highest BCUT2D eigenvalue weighted by atomic mass is 32.2. The fourth-order valence-corrected chi connectivity index (χ4v) is 3.72. The molecule has 0 spiro atoms. The summed E-state index contributed by atoms with van der Waals surface area (Å²) in [6, 6.07) is 1.74. The monoisotopic (exact) mass is 354 g/mol. The topological polar surface area (TPSA) is 66.8 Å². The van der Waals surface area contributed by atoms with E-state index in [4.69, 9.17) is 4.74 Å². The summed E-state index contributed by atoms with van der Waals surface area (Å²) in [5.74, 6) is 0.279. The number of esters is 1. The lowest BCUT2D eigenvalue weighted by Gasteiger charge is -2.30. The summed E-state index contributed by atoms with van der Waals surface area (Å²) < 4.78 is 5.23. The molecule has 0 aliphatic rings. The lowest BCUT2D eigenvalue weighted by molar-refractivity contribution is 0.0521. The lowest BCUT2D eigenvalue weighted by atomic mass is 9.78. The maximum Gasteiger partial charge on any atom is 0.339 e. The van der Waals surface area contributed by atoms with Gasteiger partial charge in [-0.25, -0.2) is 4.79 Å². The van der Waals surface area contributed by atoms with Gasteiger partial charge in [0.1, 0.15) is 5.75 Å². The minimum Gasteiger partial charge on any atom is -0.507 e. The summed E-state index contributed by atoms with van der Waals surface area (Å²) >= 11 is 1.38. The fraction of sp³-hybridized carbons (Fsp3) is 0.632. The minimum atomic E-state index is -0.395. The third-order valence-corrected chi connectivity index (χ3v) is 4.74. The Morgan fingerprint density at radius 2 is 1.75 bits per heavy atom. The summed E-state index contributed by atoms with van der Waals surface area (Å²) in [5.41, 5.74) is 1.25. The molecule has 0 atom stereocenters. The van der Waals surface area contributed by atoms with Crippen molar-refractivity contribution in [1.82, 2.24) is 0 Å². The molecule has 0 saturated heterocycles. The number of carbonyl (C=O) groups is 1. The highest BCUT2D eigenvalue weighted by molar-refractivity contribution is 7.99. The molecule has 0 aliphatic heterocycles. The summed E-state index contributed by atoms with van der Waals surface area (Å²) in [6.07, 6.45) is 0. The molecule has 0 bridgehead atoms. The van der Waals surface area contributed by atoms with Gasteiger partial charge in [-0.05, 0) is 23.8 Å². The zero-order valence-corrected chi connectivity index (χ0v) is 16.6. The van der Waals surface area contributed by atoms with Crippen LogP contribution in [0.15, 0.2) is 11.0 Å². The van der Waals surface area contributed by atoms with E-state index in [0.29, 0.717) is 22.8 Å². The normalized spacial score (nSPS) is 12.3. The molecule has 0 fully saturated rings. The van der Waals surface area contributed by atoms with Crippen molar-refractivity contribution in [3.8, 4) is 5.75 Å². The van der Waals surface area contributed by atoms with Crippen LogP contribution in [0, 0.1) is 0 Å². The van der Waals surface area contributed by atoms with Crippen LogP contribution in [0.2, 0.25) is 0 Å². The van der Waals surface area contributed by atoms with E-state index >= 15 is 0 Å². The molecule has 0 aromatic heterocycles. The quantitative estimate of drug-likeness (QED) is 0.611. The van der Waals surface area contributed by atoms with Gasteiger partial charge in [-0.1, -0.05) is 41.5 Å². The minimum absolute atomic E-state index is 0.00169. The molecule has 4 nitrogen and oxygen atoms in total. The van der Waals surface area contributed by atoms with Crippen molar-refractivity contribution in [3.63, 3.8) is 0 Å². The van der Waals surface area contributed by atoms with Crippen LogP contribution in [0.4, 0.5) is 0 Å². The number of hydrogen-bond donors (Lipinski definition) is 2. The largest absolute Gasteiger partial charge is 0.507 e. The van der Waals surface area contributed by atoms with Gasteiger partial charge in [0, 0.05) is 21.8 Å². The molecule has 0 saturated carbocycles. The van der Waals surface area contributed by atoms with E-state index in [1.165, 1.54) is 11.8 Å². The number of thioether (sulfide) groups is 1. The van der Waals surface area contributed by atoms with Crippen molar-refractivity contribution in [3.05, 3.63) is 22.8 Å². The van der Waals surface area contributed by atoms with Gasteiger partial charge < -0.3 is 14.9 Å². The van der Waals surface area contributed by atoms with Gasteiger partial charge in [-0.2, -0.15) is 0 Å². The van der Waals surface area contributed by atoms with Crippen LogP contribution in [-0.2, 0) is 15.6 Å². The van der Waals surface area contributed by atoms with E-state index in [0.717, 1.165) is 11.1 Å². The van der Waals surface area contributed by atoms with Crippen LogP contribution in [-0.4, -0.2) is 35.1 Å². The van der Waals surface area contributed by atoms with Crippen molar-refractivity contribution in [2.45, 2.75) is 64.2 Å². The van der Waals surface area contributed by atoms with Gasteiger partial charge in [0.15, 0.2) is 0 Å². The van der Waals surface area contributed by atoms with Crippen molar-refractivity contribution in [1.29, 1.82) is 0 Å². The van der Waals surface area contributed by atoms with Gasteiger partial charge in [-0.15, -0.1) is 11.8 Å². The van der Waals surface area contributed by atoms with Gasteiger partial charge in [0.25, 0.3) is 0 Å². The molecule has 0 radical (unpaired) electrons. The number of aromatic hydroxyl groups is 1. The highest BCUT2D eigenvalue weighted by Gasteiger charge is 2.32. The number of carbonyl (C=O) groups excluding carboxylic acids is 1. The summed E-state index contributed by atoms with van der Waals surface area (Å²) in [7, 11) is 0. The van der Waals surface area contributed by atoms with E-state index in [-0.39, 0.29) is 23.2 Å². The van der Waals surface area contributed by atoms with Crippen molar-refractivity contribution in [2.24, 2.45) is 0 Å². The van der Waals surface area contributed by atoms with Gasteiger partial charge >= 0.3 is 5.97 Å². The Morgan fingerprint density at radius 3 is 2.17 bits per heavy atom. The Hall–Kier alpha value is -1.20. The second-order valence-corrected chi connectivity index (χ2v) is 8.92. The zero-order chi connectivity index (χ0) is 18.7. The van der Waals surface area contributed by atoms with Gasteiger partial charge in [-0.3, -0.25) is 0 Å². The second kappa shape index (κ2) is 7.79. The van der Waals surface area contributed by atoms with E-state index in [1.54, 1.807) is 13.0 Å². The summed E-state index contributed by atoms with van der Waals surface area (Å²) in [4.78, 5) is 13.2. The molecule has 5 heteroatoms. The second-order valence-electron chi connectivity index (χ2n) is 7.82. The molecule has 24 heavy (non-hydrogen) atoms. The lowest BCUT2D eigenvalue weighted by Crippen LogP contribution is -2.21. The SMILES string of the molecule is CCOC(=O)c1cc(C(C)(C)C)c(O)c(C(C)(C)C)c1SCCO. The maximum atomic E-state index is 12.5. The Morgan fingerprint density at radius 1 is 1.17 bits per heavy atom. The summed E-state index contributed by atoms with van der Waals surface area (Å²) in [6.45, 7) is 14.1. The van der Waals surface area contributed by atoms with E-state index in [9.17, 15) is 15.0 Å². The van der Waals surface area contributed by atoms with E-state index in [2.05, 4.69) is 0 Å². The van der Waals surface area contributed by atoms with Crippen molar-refractivity contribution in [2.75, 3.05) is 19.0 Å². The van der Waals surface area contributed by atoms with Crippen LogP contribution < -0.4 is 0 Å². The first-order chi connectivity index (χ1) is 10.9. The van der Waals surface area contributed by atoms with Crippen molar-refractivity contribution >= 4 is 17.7 Å². The first-order valence-corrected chi connectivity index (χ1v) is 9.25. The number of aliphatic hydroxyl groups is 1. The highest BCUT2D eigenvalue weighted by Crippen LogP contribution is 2.46. The Kier molecular flexibility index (Phi) is 6.76. The molecule has 136 valence electrons. The van der Waals surface area contributed by atoms with Crippen LogP contribution >= 0.6 is 11.8 Å². The Labute approximate surface area is 149 Å². The Bertz CT molecular complexity index is 595. The number of rotatable bonds is 5. The third-order valence-electron chi connectivity index (χ3n) is 3.64. The van der Waals surface area contributed by atoms with E-state index < -0.39 is 5.97 Å². The number of benzene rings is 1. The molecule has 1 aromatic carbocycles. The molecule has 0 heterocycles. The number of hydrogen-bond acceptors (Lipinski definition) is 5. The first kappa shape index (κ1) is 20.8. The molecule has 2 N–H and O–H groups in total. The standard InChI is InChI=1S/C19H30O4S/c1-8-23-17(22)12-11-13(18(2,3)4)15(21)14(19(5,6)7)16(12)24-10-9-20/h11,20-21H,8-10H2,1-7H3. The number of phenols is 1. The predicted molar refractivity (Wildman–Crippen MR) is 99.3 cm³/mol. The molecule has 1 rings (SSSR count). The predicted octanol–water partition coefficient (Wildman–Crippen LogP) is 4.25. The van der Waals surface area contributed by atoms with Crippen molar-refractivity contribution < 1.29 is 19.7 Å². The van der Waals surface area contributed by atoms with Crippen LogP contribution in [0.3, 0.4) is 0 Å². The Balaban J connectivity index is 3.80. The van der Waals surface area contributed by atoms with Gasteiger partial charge in [0.05, 0.1) is 18.8 Å². The molecular weight excluding hydrogens is 324 g/mol. The molecule has 0 amide bonds.